The molecule has 4 nitrogen and oxygen atoms in total. The minimum absolute atomic E-state index is 0.0601. The second-order valence-corrected chi connectivity index (χ2v) is 3.07. The molecule has 1 aromatic carbocycles. The van der Waals surface area contributed by atoms with Crippen LogP contribution in [0.2, 0.25) is 0 Å². The van der Waals surface area contributed by atoms with Crippen LogP contribution in [0.3, 0.4) is 0 Å². The summed E-state index contributed by atoms with van der Waals surface area (Å²) in [5.41, 5.74) is 0.216. The molecule has 0 heterocycles. The number of hydrogen-bond acceptors (Lipinski definition) is 3. The van der Waals surface area contributed by atoms with E-state index in [9.17, 15) is 9.90 Å². The van der Waals surface area contributed by atoms with E-state index in [0.29, 0.717) is 0 Å². The van der Waals surface area contributed by atoms with E-state index in [1.165, 1.54) is 12.1 Å². The van der Waals surface area contributed by atoms with Crippen molar-refractivity contribution in [3.8, 4) is 5.75 Å². The highest BCUT2D eigenvalue weighted by molar-refractivity contribution is 5.96. The largest absolute Gasteiger partial charge is 0.507 e. The van der Waals surface area contributed by atoms with Crippen molar-refractivity contribution in [1.29, 1.82) is 0 Å². The molecule has 0 saturated heterocycles. The SMILES string of the molecule is CC(CO)NC(=O)c1ccccc1O. The molecule has 0 fully saturated rings. The zero-order valence-corrected chi connectivity index (χ0v) is 7.90. The van der Waals surface area contributed by atoms with Crippen molar-refractivity contribution in [2.75, 3.05) is 6.61 Å². The van der Waals surface area contributed by atoms with Crippen LogP contribution in [0.4, 0.5) is 0 Å². The van der Waals surface area contributed by atoms with Gasteiger partial charge in [0.25, 0.3) is 5.91 Å². The van der Waals surface area contributed by atoms with E-state index in [0.717, 1.165) is 0 Å². The van der Waals surface area contributed by atoms with E-state index in [4.69, 9.17) is 5.11 Å². The summed E-state index contributed by atoms with van der Waals surface area (Å²) in [5, 5.41) is 20.6. The molecule has 1 amide bonds. The van der Waals surface area contributed by atoms with Crippen molar-refractivity contribution in [1.82, 2.24) is 5.32 Å². The molecule has 0 aliphatic rings. The Hall–Kier alpha value is -1.55. The Labute approximate surface area is 82.2 Å². The first-order valence-corrected chi connectivity index (χ1v) is 4.35. The number of phenolic OH excluding ortho intramolecular Hbond substituents is 1. The first-order valence-electron chi connectivity index (χ1n) is 4.35. The molecule has 14 heavy (non-hydrogen) atoms. The normalized spacial score (nSPS) is 12.1. The van der Waals surface area contributed by atoms with Gasteiger partial charge in [0.05, 0.1) is 12.2 Å². The van der Waals surface area contributed by atoms with Crippen molar-refractivity contribution in [2.45, 2.75) is 13.0 Å². The third kappa shape index (κ3) is 2.47. The summed E-state index contributed by atoms with van der Waals surface area (Å²) >= 11 is 0. The quantitative estimate of drug-likeness (QED) is 0.658. The van der Waals surface area contributed by atoms with Crippen LogP contribution < -0.4 is 5.32 Å². The minimum Gasteiger partial charge on any atom is -0.507 e. The summed E-state index contributed by atoms with van der Waals surface area (Å²) in [6.45, 7) is 1.55. The minimum atomic E-state index is -0.385. The molecule has 1 aromatic rings. The fraction of sp³-hybridized carbons (Fsp3) is 0.300. The summed E-state index contributed by atoms with van der Waals surface area (Å²) in [6.07, 6.45) is 0. The number of phenols is 1. The molecule has 76 valence electrons. The molecule has 0 aliphatic carbocycles. The zero-order chi connectivity index (χ0) is 10.6. The maximum atomic E-state index is 11.5. The maximum absolute atomic E-state index is 11.5. The predicted molar refractivity (Wildman–Crippen MR) is 52.1 cm³/mol. The molecule has 0 aliphatic heterocycles. The third-order valence-electron chi connectivity index (χ3n) is 1.80. The fourth-order valence-electron chi connectivity index (χ4n) is 1.01. The van der Waals surface area contributed by atoms with Crippen molar-refractivity contribution < 1.29 is 15.0 Å². The molecule has 3 N–H and O–H groups in total. The lowest BCUT2D eigenvalue weighted by Crippen LogP contribution is -2.34. The number of para-hydroxylation sites is 1. The average molecular weight is 195 g/mol. The van der Waals surface area contributed by atoms with Gasteiger partial charge in [-0.2, -0.15) is 0 Å². The first-order chi connectivity index (χ1) is 6.65. The highest BCUT2D eigenvalue weighted by Crippen LogP contribution is 2.14. The molecular formula is C10H13NO3. The molecule has 0 bridgehead atoms. The Bertz CT molecular complexity index is 325. The molecule has 0 spiro atoms. The van der Waals surface area contributed by atoms with Crippen molar-refractivity contribution in [3.05, 3.63) is 29.8 Å². The highest BCUT2D eigenvalue weighted by atomic mass is 16.3. The van der Waals surface area contributed by atoms with Crippen LogP contribution in [0.15, 0.2) is 24.3 Å². The number of hydrogen-bond donors (Lipinski definition) is 3. The van der Waals surface area contributed by atoms with E-state index in [-0.39, 0.29) is 29.9 Å². The van der Waals surface area contributed by atoms with Crippen LogP contribution in [-0.4, -0.2) is 28.8 Å². The van der Waals surface area contributed by atoms with Gasteiger partial charge in [0, 0.05) is 6.04 Å². The lowest BCUT2D eigenvalue weighted by Gasteiger charge is -2.11. The van der Waals surface area contributed by atoms with Gasteiger partial charge in [-0.15, -0.1) is 0 Å². The van der Waals surface area contributed by atoms with Gasteiger partial charge in [-0.25, -0.2) is 0 Å². The summed E-state index contributed by atoms with van der Waals surface area (Å²) in [7, 11) is 0. The zero-order valence-electron chi connectivity index (χ0n) is 7.90. The molecule has 0 aromatic heterocycles. The second kappa shape index (κ2) is 4.62. The van der Waals surface area contributed by atoms with Gasteiger partial charge in [0.2, 0.25) is 0 Å². The lowest BCUT2D eigenvalue weighted by atomic mass is 10.2. The molecule has 4 heteroatoms. The van der Waals surface area contributed by atoms with E-state index < -0.39 is 0 Å². The van der Waals surface area contributed by atoms with Gasteiger partial charge in [-0.3, -0.25) is 4.79 Å². The molecular weight excluding hydrogens is 182 g/mol. The average Bonchev–Trinajstić information content (AvgIpc) is 2.18. The van der Waals surface area contributed by atoms with E-state index in [2.05, 4.69) is 5.32 Å². The number of carbonyl (C=O) groups excluding carboxylic acids is 1. The number of rotatable bonds is 3. The summed E-state index contributed by atoms with van der Waals surface area (Å²) in [5.74, 6) is -0.445. The van der Waals surface area contributed by atoms with E-state index >= 15 is 0 Å². The number of aromatic hydroxyl groups is 1. The third-order valence-corrected chi connectivity index (χ3v) is 1.80. The Balaban J connectivity index is 2.75. The van der Waals surface area contributed by atoms with Crippen LogP contribution in [0.25, 0.3) is 0 Å². The second-order valence-electron chi connectivity index (χ2n) is 3.07. The van der Waals surface area contributed by atoms with Gasteiger partial charge >= 0.3 is 0 Å². The van der Waals surface area contributed by atoms with Gasteiger partial charge < -0.3 is 15.5 Å². The van der Waals surface area contributed by atoms with Gasteiger partial charge in [0.1, 0.15) is 5.75 Å². The highest BCUT2D eigenvalue weighted by Gasteiger charge is 2.11. The lowest BCUT2D eigenvalue weighted by molar-refractivity contribution is 0.0919. The first kappa shape index (κ1) is 10.5. The molecule has 0 saturated carbocycles. The Morgan fingerprint density at radius 3 is 2.71 bits per heavy atom. The van der Waals surface area contributed by atoms with E-state index in [1.54, 1.807) is 19.1 Å². The van der Waals surface area contributed by atoms with E-state index in [1.807, 2.05) is 0 Å². The smallest absolute Gasteiger partial charge is 0.255 e. The Morgan fingerprint density at radius 1 is 1.50 bits per heavy atom. The monoisotopic (exact) mass is 195 g/mol. The van der Waals surface area contributed by atoms with Gasteiger partial charge in [0.15, 0.2) is 0 Å². The summed E-state index contributed by atoms with van der Waals surface area (Å²) in [6, 6.07) is 5.95. The van der Waals surface area contributed by atoms with Crippen molar-refractivity contribution in [3.63, 3.8) is 0 Å². The number of aliphatic hydroxyl groups is 1. The molecule has 0 radical (unpaired) electrons. The Kier molecular flexibility index (Phi) is 3.48. The van der Waals surface area contributed by atoms with Crippen LogP contribution in [0, 0.1) is 0 Å². The van der Waals surface area contributed by atoms with Crippen molar-refractivity contribution >= 4 is 5.91 Å². The number of benzene rings is 1. The maximum Gasteiger partial charge on any atom is 0.255 e. The number of amides is 1. The molecule has 1 unspecified atom stereocenters. The summed E-state index contributed by atoms with van der Waals surface area (Å²) in [4.78, 5) is 11.5. The number of nitrogens with one attached hydrogen (secondary N) is 1. The van der Waals surface area contributed by atoms with Crippen LogP contribution in [0.1, 0.15) is 17.3 Å². The van der Waals surface area contributed by atoms with Crippen LogP contribution in [0.5, 0.6) is 5.75 Å². The van der Waals surface area contributed by atoms with Crippen LogP contribution >= 0.6 is 0 Å². The number of carbonyl (C=O) groups is 1. The fourth-order valence-corrected chi connectivity index (χ4v) is 1.01. The summed E-state index contributed by atoms with van der Waals surface area (Å²) < 4.78 is 0. The van der Waals surface area contributed by atoms with Gasteiger partial charge in [-0.1, -0.05) is 12.1 Å². The van der Waals surface area contributed by atoms with Gasteiger partial charge in [-0.05, 0) is 19.1 Å². The number of aliphatic hydroxyl groups excluding tert-OH is 1. The van der Waals surface area contributed by atoms with Crippen LogP contribution in [-0.2, 0) is 0 Å². The van der Waals surface area contributed by atoms with Crippen molar-refractivity contribution in [2.24, 2.45) is 0 Å². The predicted octanol–water partition coefficient (Wildman–Crippen LogP) is 0.503. The molecule has 1 atom stereocenters. The standard InChI is InChI=1S/C10H13NO3/c1-7(6-12)11-10(14)8-4-2-3-5-9(8)13/h2-5,7,12-13H,6H2,1H3,(H,11,14). The topological polar surface area (TPSA) is 69.6 Å². The Morgan fingerprint density at radius 2 is 2.14 bits per heavy atom. The molecule has 1 rings (SSSR count).